The third kappa shape index (κ3) is 2.91. The zero-order chi connectivity index (χ0) is 15.5. The van der Waals surface area contributed by atoms with Crippen LogP contribution in [0.5, 0.6) is 11.5 Å². The number of ether oxygens (including phenoxy) is 2. The van der Waals surface area contributed by atoms with E-state index in [9.17, 15) is 0 Å². The Kier molecular flexibility index (Phi) is 4.01. The first-order valence-electron chi connectivity index (χ1n) is 7.51. The summed E-state index contributed by atoms with van der Waals surface area (Å²) in [5.74, 6) is 1.78. The van der Waals surface area contributed by atoms with Crippen molar-refractivity contribution in [3.05, 3.63) is 60.7 Å². The molecule has 3 aromatic rings. The van der Waals surface area contributed by atoms with Crippen LogP contribution in [0.1, 0.15) is 13.8 Å². The van der Waals surface area contributed by atoms with Crippen molar-refractivity contribution in [2.75, 3.05) is 7.11 Å². The number of hydrogen-bond acceptors (Lipinski definition) is 2. The molecule has 0 aliphatic carbocycles. The second-order valence-corrected chi connectivity index (χ2v) is 5.58. The molecule has 2 nitrogen and oxygen atoms in total. The Morgan fingerprint density at radius 2 is 1.55 bits per heavy atom. The molecule has 3 rings (SSSR count). The highest BCUT2D eigenvalue weighted by Gasteiger charge is 2.06. The zero-order valence-corrected chi connectivity index (χ0v) is 13.2. The summed E-state index contributed by atoms with van der Waals surface area (Å²) in [6.45, 7) is 4.08. The highest BCUT2D eigenvalue weighted by molar-refractivity contribution is 5.97. The molecular formula is C20H20O2. The highest BCUT2D eigenvalue weighted by atomic mass is 16.5. The molecule has 112 valence electrons. The van der Waals surface area contributed by atoms with E-state index >= 15 is 0 Å². The average molecular weight is 292 g/mol. The molecule has 22 heavy (non-hydrogen) atoms. The molecule has 0 radical (unpaired) electrons. The Hall–Kier alpha value is -2.48. The Labute approximate surface area is 131 Å². The van der Waals surface area contributed by atoms with Crippen LogP contribution in [0.4, 0.5) is 0 Å². The first-order valence-corrected chi connectivity index (χ1v) is 7.51. The van der Waals surface area contributed by atoms with Gasteiger partial charge in [0.1, 0.15) is 11.5 Å². The predicted molar refractivity (Wildman–Crippen MR) is 91.7 cm³/mol. The fourth-order valence-electron chi connectivity index (χ4n) is 2.63. The van der Waals surface area contributed by atoms with E-state index in [-0.39, 0.29) is 6.10 Å². The Bertz CT molecular complexity index is 773. The van der Waals surface area contributed by atoms with E-state index in [1.54, 1.807) is 7.11 Å². The topological polar surface area (TPSA) is 18.5 Å². The van der Waals surface area contributed by atoms with Gasteiger partial charge in [-0.05, 0) is 60.0 Å². The summed E-state index contributed by atoms with van der Waals surface area (Å²) in [6, 6.07) is 20.8. The van der Waals surface area contributed by atoms with Crippen LogP contribution in [0.15, 0.2) is 60.7 Å². The fourth-order valence-corrected chi connectivity index (χ4v) is 2.63. The summed E-state index contributed by atoms with van der Waals surface area (Å²) in [7, 11) is 1.68. The summed E-state index contributed by atoms with van der Waals surface area (Å²) >= 11 is 0. The van der Waals surface area contributed by atoms with Gasteiger partial charge >= 0.3 is 0 Å². The number of hydrogen-bond donors (Lipinski definition) is 0. The van der Waals surface area contributed by atoms with Gasteiger partial charge in [0.2, 0.25) is 0 Å². The average Bonchev–Trinajstić information content (AvgIpc) is 2.53. The fraction of sp³-hybridized carbons (Fsp3) is 0.200. The van der Waals surface area contributed by atoms with Gasteiger partial charge in [0, 0.05) is 0 Å². The maximum atomic E-state index is 5.78. The van der Waals surface area contributed by atoms with Crippen molar-refractivity contribution >= 4 is 10.8 Å². The number of methoxy groups -OCH3 is 1. The van der Waals surface area contributed by atoms with Gasteiger partial charge in [0.25, 0.3) is 0 Å². The molecule has 2 heteroatoms. The van der Waals surface area contributed by atoms with Crippen molar-refractivity contribution in [3.8, 4) is 22.6 Å². The molecule has 0 aromatic heterocycles. The molecule has 0 unspecified atom stereocenters. The molecule has 0 heterocycles. The van der Waals surface area contributed by atoms with E-state index in [2.05, 4.69) is 42.5 Å². The molecule has 0 N–H and O–H groups in total. The van der Waals surface area contributed by atoms with Crippen molar-refractivity contribution in [1.29, 1.82) is 0 Å². The van der Waals surface area contributed by atoms with Gasteiger partial charge in [-0.3, -0.25) is 0 Å². The molecule has 0 aliphatic heterocycles. The Morgan fingerprint density at radius 1 is 0.818 bits per heavy atom. The Balaban J connectivity index is 2.06. The van der Waals surface area contributed by atoms with Gasteiger partial charge < -0.3 is 9.47 Å². The normalized spacial score (nSPS) is 10.9. The summed E-state index contributed by atoms with van der Waals surface area (Å²) < 4.78 is 11.0. The van der Waals surface area contributed by atoms with Crippen LogP contribution < -0.4 is 9.47 Å². The molecular weight excluding hydrogens is 272 g/mol. The largest absolute Gasteiger partial charge is 0.497 e. The molecule has 3 aromatic carbocycles. The predicted octanol–water partition coefficient (Wildman–Crippen LogP) is 5.30. The van der Waals surface area contributed by atoms with Gasteiger partial charge in [0.05, 0.1) is 13.2 Å². The van der Waals surface area contributed by atoms with E-state index in [1.807, 2.05) is 32.0 Å². The molecule has 0 saturated carbocycles. The minimum Gasteiger partial charge on any atom is -0.497 e. The lowest BCUT2D eigenvalue weighted by Crippen LogP contribution is -2.05. The quantitative estimate of drug-likeness (QED) is 0.649. The number of fused-ring (bicyclic) bond motifs is 1. The molecule has 0 bridgehead atoms. The third-order valence-corrected chi connectivity index (χ3v) is 3.62. The van der Waals surface area contributed by atoms with Gasteiger partial charge in [-0.15, -0.1) is 0 Å². The third-order valence-electron chi connectivity index (χ3n) is 3.62. The van der Waals surface area contributed by atoms with E-state index in [4.69, 9.17) is 9.47 Å². The van der Waals surface area contributed by atoms with Crippen molar-refractivity contribution in [3.63, 3.8) is 0 Å². The second kappa shape index (κ2) is 6.10. The summed E-state index contributed by atoms with van der Waals surface area (Å²) in [6.07, 6.45) is 0.183. The van der Waals surface area contributed by atoms with Crippen LogP contribution in [0.3, 0.4) is 0 Å². The van der Waals surface area contributed by atoms with Crippen LogP contribution in [-0.4, -0.2) is 13.2 Å². The molecule has 0 spiro atoms. The minimum atomic E-state index is 0.183. The highest BCUT2D eigenvalue weighted by Crippen LogP contribution is 2.32. The lowest BCUT2D eigenvalue weighted by Gasteiger charge is -2.12. The van der Waals surface area contributed by atoms with Crippen LogP contribution in [0, 0.1) is 0 Å². The lowest BCUT2D eigenvalue weighted by molar-refractivity contribution is 0.243. The van der Waals surface area contributed by atoms with Crippen LogP contribution in [-0.2, 0) is 0 Å². The first kappa shape index (κ1) is 14.5. The number of rotatable bonds is 4. The van der Waals surface area contributed by atoms with E-state index < -0.39 is 0 Å². The van der Waals surface area contributed by atoms with Crippen molar-refractivity contribution in [1.82, 2.24) is 0 Å². The smallest absolute Gasteiger partial charge is 0.120 e. The second-order valence-electron chi connectivity index (χ2n) is 5.58. The summed E-state index contributed by atoms with van der Waals surface area (Å²) in [4.78, 5) is 0. The SMILES string of the molecule is COc1ccc(-c2cccc3cc(OC(C)C)ccc23)cc1. The van der Waals surface area contributed by atoms with Crippen molar-refractivity contribution < 1.29 is 9.47 Å². The first-order chi connectivity index (χ1) is 10.7. The molecule has 0 aliphatic rings. The van der Waals surface area contributed by atoms with E-state index in [0.29, 0.717) is 0 Å². The molecule has 0 amide bonds. The maximum Gasteiger partial charge on any atom is 0.120 e. The molecule has 0 atom stereocenters. The zero-order valence-electron chi connectivity index (χ0n) is 13.2. The van der Waals surface area contributed by atoms with Gasteiger partial charge in [-0.1, -0.05) is 36.4 Å². The summed E-state index contributed by atoms with van der Waals surface area (Å²) in [5.41, 5.74) is 2.40. The molecule has 0 saturated heterocycles. The van der Waals surface area contributed by atoms with Crippen molar-refractivity contribution in [2.24, 2.45) is 0 Å². The van der Waals surface area contributed by atoms with Crippen LogP contribution in [0.2, 0.25) is 0 Å². The lowest BCUT2D eigenvalue weighted by atomic mass is 9.98. The standard InChI is InChI=1S/C20H20O2/c1-14(2)22-18-11-12-20-16(13-18)5-4-6-19(20)15-7-9-17(21-3)10-8-15/h4-14H,1-3H3. The van der Waals surface area contributed by atoms with Crippen molar-refractivity contribution in [2.45, 2.75) is 20.0 Å². The van der Waals surface area contributed by atoms with Gasteiger partial charge in [-0.25, -0.2) is 0 Å². The number of benzene rings is 3. The molecule has 0 fully saturated rings. The van der Waals surface area contributed by atoms with Crippen LogP contribution >= 0.6 is 0 Å². The van der Waals surface area contributed by atoms with E-state index in [1.165, 1.54) is 21.9 Å². The Morgan fingerprint density at radius 3 is 2.23 bits per heavy atom. The van der Waals surface area contributed by atoms with Crippen LogP contribution in [0.25, 0.3) is 21.9 Å². The monoisotopic (exact) mass is 292 g/mol. The maximum absolute atomic E-state index is 5.78. The summed E-state index contributed by atoms with van der Waals surface area (Å²) in [5, 5.41) is 2.41. The van der Waals surface area contributed by atoms with Gasteiger partial charge in [-0.2, -0.15) is 0 Å². The van der Waals surface area contributed by atoms with E-state index in [0.717, 1.165) is 11.5 Å². The minimum absolute atomic E-state index is 0.183. The van der Waals surface area contributed by atoms with Gasteiger partial charge in [0.15, 0.2) is 0 Å².